The van der Waals surface area contributed by atoms with Crippen molar-refractivity contribution in [2.24, 2.45) is 5.41 Å². The number of ketones is 3. The zero-order valence-corrected chi connectivity index (χ0v) is 54.7. The van der Waals surface area contributed by atoms with Crippen LogP contribution in [-0.2, 0) is 55.9 Å². The Morgan fingerprint density at radius 3 is 2.01 bits per heavy atom. The summed E-state index contributed by atoms with van der Waals surface area (Å²) in [5, 5.41) is 7.23. The summed E-state index contributed by atoms with van der Waals surface area (Å²) >= 11 is 18.9. The van der Waals surface area contributed by atoms with Gasteiger partial charge in [0.05, 0.1) is 24.3 Å². The molecule has 5 aromatic carbocycles. The lowest BCUT2D eigenvalue weighted by molar-refractivity contribution is -0.164. The standard InChI is InChI=1S/C72H83Cl3N4O11/c1-7-72(3,4)68(84)70(86)79-37-18-17-25-61(79)71(87)90-62(34-29-49-30-35-63(88-5)64(43-49)89-6)52-22-19-23-55(44-52)76-66(82)36-31-56(80)24-15-10-8-9-11-16-26-65(81)77-60(42-48-20-13-12-14-21-48)69(85)78-45-53(39-50-27-32-57(73)47(2)38-50)67(83)54(46-78)40-51-28-33-58(74)59(75)41-51/h12-14,19-23,27-28,30,32-33,35,38-41,43-44,60-62H,7-11,15-18,24-26,29,31,34,36-37,42,45-46H2,1-6H3,(H,76,82)(H,77,81)/b53-39+,54-40+/t60-,61-,62+/m0/s1. The molecule has 0 aliphatic carbocycles. The van der Waals surface area contributed by atoms with E-state index in [-0.39, 0.29) is 74.6 Å². The van der Waals surface area contributed by atoms with Gasteiger partial charge in [-0.3, -0.25) is 33.6 Å². The summed E-state index contributed by atoms with van der Waals surface area (Å²) in [7, 11) is 3.11. The van der Waals surface area contributed by atoms with Crippen LogP contribution in [0.5, 0.6) is 11.5 Å². The quantitative estimate of drug-likeness (QED) is 0.0192. The van der Waals surface area contributed by atoms with Crippen molar-refractivity contribution in [3.63, 3.8) is 0 Å². The minimum absolute atomic E-state index is 0.0129. The first-order valence-corrected chi connectivity index (χ1v) is 32.3. The number of piperidine rings is 2. The smallest absolute Gasteiger partial charge is 0.329 e. The molecule has 90 heavy (non-hydrogen) atoms. The van der Waals surface area contributed by atoms with Crippen molar-refractivity contribution in [1.29, 1.82) is 0 Å². The summed E-state index contributed by atoms with van der Waals surface area (Å²) in [5.41, 5.74) is 4.99. The molecule has 0 unspecified atom stereocenters. The highest BCUT2D eigenvalue weighted by molar-refractivity contribution is 6.42. The number of hydrogen-bond donors (Lipinski definition) is 2. The van der Waals surface area contributed by atoms with Crippen LogP contribution in [0, 0.1) is 12.3 Å². The van der Waals surface area contributed by atoms with Crippen LogP contribution in [-0.4, -0.2) is 103 Å². The van der Waals surface area contributed by atoms with E-state index in [0.29, 0.717) is 112 Å². The van der Waals surface area contributed by atoms with Crippen molar-refractivity contribution >= 4 is 99.6 Å². The fraction of sp³-hybridized carbons (Fsp3) is 0.417. The number of unbranched alkanes of at least 4 members (excludes halogenated alkanes) is 5. The average molecular weight is 1290 g/mol. The number of rotatable bonds is 30. The van der Waals surface area contributed by atoms with E-state index in [1.54, 1.807) is 93.6 Å². The molecule has 2 saturated heterocycles. The summed E-state index contributed by atoms with van der Waals surface area (Å²) in [6, 6.07) is 30.8. The van der Waals surface area contributed by atoms with Crippen molar-refractivity contribution in [3.05, 3.63) is 169 Å². The summed E-state index contributed by atoms with van der Waals surface area (Å²) < 4.78 is 17.2. The monoisotopic (exact) mass is 1280 g/mol. The van der Waals surface area contributed by atoms with E-state index in [0.717, 1.165) is 47.9 Å². The number of benzene rings is 5. The Kier molecular flexibility index (Phi) is 26.4. The fourth-order valence-electron chi connectivity index (χ4n) is 11.1. The molecule has 2 N–H and O–H groups in total. The van der Waals surface area contributed by atoms with E-state index in [9.17, 15) is 38.4 Å². The lowest BCUT2D eigenvalue weighted by atomic mass is 9.84. The van der Waals surface area contributed by atoms with Crippen LogP contribution in [0.15, 0.2) is 120 Å². The first kappa shape index (κ1) is 69.9. The molecule has 2 aliphatic heterocycles. The number of methoxy groups -OCH3 is 2. The summed E-state index contributed by atoms with van der Waals surface area (Å²) in [5.74, 6) is -1.86. The highest BCUT2D eigenvalue weighted by atomic mass is 35.5. The van der Waals surface area contributed by atoms with Crippen LogP contribution in [0.1, 0.15) is 157 Å². The van der Waals surface area contributed by atoms with E-state index in [1.807, 2.05) is 74.5 Å². The van der Waals surface area contributed by atoms with Gasteiger partial charge in [-0.05, 0) is 146 Å². The third kappa shape index (κ3) is 20.2. The van der Waals surface area contributed by atoms with Gasteiger partial charge in [-0.2, -0.15) is 0 Å². The number of likely N-dealkylation sites (tertiary alicyclic amines) is 2. The van der Waals surface area contributed by atoms with E-state index >= 15 is 0 Å². The average Bonchev–Trinajstić information content (AvgIpc) is 0.934. The Morgan fingerprint density at radius 1 is 0.678 bits per heavy atom. The molecular formula is C72H83Cl3N4O11. The Balaban J connectivity index is 0.882. The van der Waals surface area contributed by atoms with Crippen LogP contribution >= 0.6 is 34.8 Å². The largest absolute Gasteiger partial charge is 0.493 e. The number of aryl methyl sites for hydroxylation is 2. The van der Waals surface area contributed by atoms with E-state index in [1.165, 1.54) is 4.90 Å². The van der Waals surface area contributed by atoms with Crippen molar-refractivity contribution in [2.45, 2.75) is 155 Å². The van der Waals surface area contributed by atoms with Crippen LogP contribution in [0.3, 0.4) is 0 Å². The van der Waals surface area contributed by atoms with Crippen molar-refractivity contribution < 1.29 is 52.6 Å². The van der Waals surface area contributed by atoms with Crippen molar-refractivity contribution in [2.75, 3.05) is 39.2 Å². The first-order chi connectivity index (χ1) is 43.2. The van der Waals surface area contributed by atoms with Crippen LogP contribution in [0.25, 0.3) is 12.2 Å². The number of Topliss-reactive ketones (excluding diaryl/α,β-unsaturated/α-hetero) is 3. The predicted octanol–water partition coefficient (Wildman–Crippen LogP) is 14.3. The zero-order chi connectivity index (χ0) is 64.9. The number of nitrogens with zero attached hydrogens (tertiary/aromatic N) is 2. The van der Waals surface area contributed by atoms with Gasteiger partial charge in [-0.1, -0.05) is 148 Å². The number of esters is 1. The second kappa shape index (κ2) is 34.0. The molecule has 15 nitrogen and oxygen atoms in total. The summed E-state index contributed by atoms with van der Waals surface area (Å²) in [6.07, 6.45) is 11.1. The topological polar surface area (TPSA) is 195 Å². The van der Waals surface area contributed by atoms with Gasteiger partial charge in [-0.25, -0.2) is 4.79 Å². The van der Waals surface area contributed by atoms with Gasteiger partial charge in [0, 0.05) is 79.0 Å². The molecule has 0 bridgehead atoms. The number of hydrogen-bond acceptors (Lipinski definition) is 11. The molecule has 18 heteroatoms. The van der Waals surface area contributed by atoms with Crippen molar-refractivity contribution in [1.82, 2.24) is 15.1 Å². The highest BCUT2D eigenvalue weighted by Crippen LogP contribution is 2.34. The predicted molar refractivity (Wildman–Crippen MR) is 354 cm³/mol. The number of carbonyl (C=O) groups is 8. The summed E-state index contributed by atoms with van der Waals surface area (Å²) in [4.78, 5) is 113. The number of nitrogens with one attached hydrogen (secondary N) is 2. The SMILES string of the molecule is CCC(C)(C)C(=O)C(=O)N1CCCC[C@H]1C(=O)O[C@H](CCc1ccc(OC)c(OC)c1)c1cccc(NC(=O)CCC(=O)CCCCCCCCC(=O)N[C@@H](Cc2ccccc2)C(=O)N2C/C(=C\c3ccc(Cl)c(C)c3)C(=O)/C(=C/c3ccc(Cl)c(Cl)c3)C2)c1. The lowest BCUT2D eigenvalue weighted by Crippen LogP contribution is -2.53. The zero-order valence-electron chi connectivity index (χ0n) is 52.4. The minimum Gasteiger partial charge on any atom is -0.493 e. The van der Waals surface area contributed by atoms with Crippen LogP contribution < -0.4 is 20.1 Å². The number of amides is 4. The molecule has 0 spiro atoms. The molecule has 7 rings (SSSR count). The van der Waals surface area contributed by atoms with Crippen molar-refractivity contribution in [3.8, 4) is 11.5 Å². The Morgan fingerprint density at radius 2 is 1.34 bits per heavy atom. The first-order valence-electron chi connectivity index (χ1n) is 31.1. The maximum absolute atomic E-state index is 14.7. The third-order valence-corrected chi connectivity index (χ3v) is 17.9. The fourth-order valence-corrected chi connectivity index (χ4v) is 11.5. The third-order valence-electron chi connectivity index (χ3n) is 16.8. The molecule has 2 heterocycles. The maximum atomic E-state index is 14.7. The van der Waals surface area contributed by atoms with Gasteiger partial charge in [0.15, 0.2) is 17.3 Å². The van der Waals surface area contributed by atoms with Gasteiger partial charge in [0.2, 0.25) is 23.5 Å². The molecule has 478 valence electrons. The summed E-state index contributed by atoms with van der Waals surface area (Å²) in [6.45, 7) is 7.50. The minimum atomic E-state index is -0.932. The maximum Gasteiger partial charge on any atom is 0.329 e. The highest BCUT2D eigenvalue weighted by Gasteiger charge is 2.41. The second-order valence-corrected chi connectivity index (χ2v) is 25.1. The molecule has 5 aromatic rings. The molecule has 4 amide bonds. The van der Waals surface area contributed by atoms with E-state index < -0.39 is 41.3 Å². The second-order valence-electron chi connectivity index (χ2n) is 23.9. The number of anilines is 1. The molecule has 2 fully saturated rings. The molecular weight excluding hydrogens is 1200 g/mol. The molecule has 2 aliphatic rings. The molecule has 0 radical (unpaired) electrons. The normalized spacial score (nSPS) is 15.9. The van der Waals surface area contributed by atoms with Gasteiger partial charge >= 0.3 is 5.97 Å². The Labute approximate surface area is 544 Å². The van der Waals surface area contributed by atoms with Gasteiger partial charge in [0.25, 0.3) is 5.91 Å². The van der Waals surface area contributed by atoms with E-state index in [4.69, 9.17) is 49.0 Å². The van der Waals surface area contributed by atoms with Crippen LogP contribution in [0.4, 0.5) is 5.69 Å². The molecule has 0 aromatic heterocycles. The van der Waals surface area contributed by atoms with E-state index in [2.05, 4.69) is 10.6 Å². The van der Waals surface area contributed by atoms with Gasteiger partial charge in [0.1, 0.15) is 24.0 Å². The van der Waals surface area contributed by atoms with Gasteiger partial charge in [-0.15, -0.1) is 0 Å². The Bertz CT molecular complexity index is 3380. The molecule has 0 saturated carbocycles. The number of ether oxygens (including phenoxy) is 3. The van der Waals surface area contributed by atoms with Crippen LogP contribution in [0.2, 0.25) is 15.1 Å². The Hall–Kier alpha value is -7.59. The number of carbonyl (C=O) groups excluding carboxylic acids is 8. The van der Waals surface area contributed by atoms with Gasteiger partial charge < -0.3 is 34.6 Å². The lowest BCUT2D eigenvalue weighted by Gasteiger charge is -2.36. The number of halogens is 3. The molecule has 3 atom stereocenters.